The summed E-state index contributed by atoms with van der Waals surface area (Å²) in [6.07, 6.45) is 0. The molecule has 0 spiro atoms. The molecule has 0 unspecified atom stereocenters. The molecule has 0 aliphatic carbocycles. The van der Waals surface area contributed by atoms with Crippen molar-refractivity contribution in [3.63, 3.8) is 0 Å². The summed E-state index contributed by atoms with van der Waals surface area (Å²) in [4.78, 5) is 40.8. The molecule has 1 fully saturated rings. The van der Waals surface area contributed by atoms with Crippen LogP contribution in [0.2, 0.25) is 0 Å². The number of carbonyl (C=O) groups excluding carboxylic acids is 3. The number of amides is 3. The van der Waals surface area contributed by atoms with E-state index >= 15 is 0 Å². The van der Waals surface area contributed by atoms with E-state index in [0.29, 0.717) is 54.6 Å². The number of hydrogen-bond donors (Lipinski definition) is 1. The number of hydrogen-bond acceptors (Lipinski definition) is 6. The number of methoxy groups -OCH3 is 1. The number of piperazine rings is 1. The van der Waals surface area contributed by atoms with E-state index in [2.05, 4.69) is 5.32 Å². The van der Waals surface area contributed by atoms with Crippen LogP contribution in [0.1, 0.15) is 20.7 Å². The van der Waals surface area contributed by atoms with Crippen LogP contribution < -0.4 is 19.5 Å². The first-order valence-electron chi connectivity index (χ1n) is 9.94. The SMILES string of the molecule is COc1ccc(C(=O)N2CCN(C(=O)CNC(=O)c3ccc4c(c3)OCO4)CC2)cc1. The summed E-state index contributed by atoms with van der Waals surface area (Å²) < 4.78 is 15.6. The zero-order chi connectivity index (χ0) is 21.8. The second kappa shape index (κ2) is 8.95. The van der Waals surface area contributed by atoms with Gasteiger partial charge in [0.25, 0.3) is 11.8 Å². The quantitative estimate of drug-likeness (QED) is 0.772. The van der Waals surface area contributed by atoms with Gasteiger partial charge in [0.15, 0.2) is 11.5 Å². The lowest BCUT2D eigenvalue weighted by molar-refractivity contribution is -0.131. The Bertz CT molecular complexity index is 983. The summed E-state index contributed by atoms with van der Waals surface area (Å²) in [5.41, 5.74) is 0.975. The first kappa shape index (κ1) is 20.5. The average molecular weight is 425 g/mol. The van der Waals surface area contributed by atoms with E-state index in [4.69, 9.17) is 14.2 Å². The van der Waals surface area contributed by atoms with Crippen LogP contribution in [-0.4, -0.2) is 74.1 Å². The lowest BCUT2D eigenvalue weighted by Crippen LogP contribution is -2.52. The van der Waals surface area contributed by atoms with Crippen LogP contribution in [0.4, 0.5) is 0 Å². The molecule has 0 aromatic heterocycles. The van der Waals surface area contributed by atoms with Gasteiger partial charge in [-0.15, -0.1) is 0 Å². The van der Waals surface area contributed by atoms with E-state index in [9.17, 15) is 14.4 Å². The van der Waals surface area contributed by atoms with Gasteiger partial charge in [-0.1, -0.05) is 0 Å². The van der Waals surface area contributed by atoms with Crippen molar-refractivity contribution in [3.05, 3.63) is 53.6 Å². The van der Waals surface area contributed by atoms with Gasteiger partial charge in [-0.05, 0) is 42.5 Å². The summed E-state index contributed by atoms with van der Waals surface area (Å²) in [6.45, 7) is 1.73. The van der Waals surface area contributed by atoms with Gasteiger partial charge in [0, 0.05) is 37.3 Å². The fourth-order valence-electron chi connectivity index (χ4n) is 3.48. The van der Waals surface area contributed by atoms with Crippen LogP contribution in [0.3, 0.4) is 0 Å². The third-order valence-electron chi connectivity index (χ3n) is 5.29. The first-order chi connectivity index (χ1) is 15.0. The molecule has 31 heavy (non-hydrogen) atoms. The van der Waals surface area contributed by atoms with E-state index in [1.54, 1.807) is 59.4 Å². The summed E-state index contributed by atoms with van der Waals surface area (Å²) in [6, 6.07) is 11.8. The van der Waals surface area contributed by atoms with Crippen molar-refractivity contribution in [1.82, 2.24) is 15.1 Å². The second-order valence-electron chi connectivity index (χ2n) is 7.15. The Kier molecular flexibility index (Phi) is 5.92. The smallest absolute Gasteiger partial charge is 0.253 e. The van der Waals surface area contributed by atoms with E-state index in [0.717, 1.165) is 0 Å². The molecule has 9 nitrogen and oxygen atoms in total. The highest BCUT2D eigenvalue weighted by Crippen LogP contribution is 2.32. The lowest BCUT2D eigenvalue weighted by atomic mass is 10.1. The highest BCUT2D eigenvalue weighted by Gasteiger charge is 2.25. The van der Waals surface area contributed by atoms with Gasteiger partial charge < -0.3 is 29.3 Å². The molecule has 0 atom stereocenters. The monoisotopic (exact) mass is 425 g/mol. The van der Waals surface area contributed by atoms with Gasteiger partial charge in [0.2, 0.25) is 12.7 Å². The van der Waals surface area contributed by atoms with Crippen LogP contribution in [0.25, 0.3) is 0 Å². The average Bonchev–Trinajstić information content (AvgIpc) is 3.30. The number of nitrogens with one attached hydrogen (secondary N) is 1. The fraction of sp³-hybridized carbons (Fsp3) is 0.318. The number of benzene rings is 2. The van der Waals surface area contributed by atoms with Crippen molar-refractivity contribution in [2.45, 2.75) is 0 Å². The van der Waals surface area contributed by atoms with Crippen molar-refractivity contribution >= 4 is 17.7 Å². The molecular formula is C22H23N3O6. The van der Waals surface area contributed by atoms with E-state index in [1.165, 1.54) is 0 Å². The van der Waals surface area contributed by atoms with Gasteiger partial charge in [0.05, 0.1) is 13.7 Å². The minimum atomic E-state index is -0.361. The Labute approximate surface area is 179 Å². The van der Waals surface area contributed by atoms with Crippen molar-refractivity contribution in [3.8, 4) is 17.2 Å². The Morgan fingerprint density at radius 2 is 1.55 bits per heavy atom. The highest BCUT2D eigenvalue weighted by atomic mass is 16.7. The number of rotatable bonds is 5. The summed E-state index contributed by atoms with van der Waals surface area (Å²) in [5, 5.41) is 2.64. The Hall–Kier alpha value is -3.75. The van der Waals surface area contributed by atoms with Crippen LogP contribution in [-0.2, 0) is 4.79 Å². The second-order valence-corrected chi connectivity index (χ2v) is 7.15. The summed E-state index contributed by atoms with van der Waals surface area (Å²) in [7, 11) is 1.57. The molecule has 3 amide bonds. The Morgan fingerprint density at radius 3 is 2.26 bits per heavy atom. The highest BCUT2D eigenvalue weighted by molar-refractivity contribution is 5.97. The van der Waals surface area contributed by atoms with Gasteiger partial charge in [-0.25, -0.2) is 0 Å². The molecule has 2 aliphatic rings. The maximum Gasteiger partial charge on any atom is 0.253 e. The minimum Gasteiger partial charge on any atom is -0.497 e. The lowest BCUT2D eigenvalue weighted by Gasteiger charge is -2.34. The number of fused-ring (bicyclic) bond motifs is 1. The Morgan fingerprint density at radius 1 is 0.903 bits per heavy atom. The van der Waals surface area contributed by atoms with Gasteiger partial charge in [0.1, 0.15) is 5.75 Å². The molecule has 1 N–H and O–H groups in total. The van der Waals surface area contributed by atoms with Crippen molar-refractivity contribution in [1.29, 1.82) is 0 Å². The molecule has 4 rings (SSSR count). The van der Waals surface area contributed by atoms with Gasteiger partial charge in [-0.2, -0.15) is 0 Å². The molecule has 2 aromatic carbocycles. The number of ether oxygens (including phenoxy) is 3. The third kappa shape index (κ3) is 4.55. The predicted octanol–water partition coefficient (Wildman–Crippen LogP) is 1.14. The standard InChI is InChI=1S/C22H23N3O6/c1-29-17-5-2-15(3-6-17)22(28)25-10-8-24(9-11-25)20(26)13-23-21(27)16-4-7-18-19(12-16)31-14-30-18/h2-7,12H,8-11,13-14H2,1H3,(H,23,27). The molecule has 9 heteroatoms. The van der Waals surface area contributed by atoms with Crippen molar-refractivity contribution < 1.29 is 28.6 Å². The predicted molar refractivity (Wildman–Crippen MR) is 110 cm³/mol. The van der Waals surface area contributed by atoms with Crippen molar-refractivity contribution in [2.24, 2.45) is 0 Å². The Balaban J connectivity index is 1.25. The van der Waals surface area contributed by atoms with E-state index < -0.39 is 0 Å². The minimum absolute atomic E-state index is 0.0779. The molecule has 2 heterocycles. The van der Waals surface area contributed by atoms with Crippen LogP contribution in [0, 0.1) is 0 Å². The van der Waals surface area contributed by atoms with Crippen LogP contribution in [0.5, 0.6) is 17.2 Å². The van der Waals surface area contributed by atoms with E-state index in [-0.39, 0.29) is 31.1 Å². The molecule has 1 saturated heterocycles. The molecule has 0 radical (unpaired) electrons. The largest absolute Gasteiger partial charge is 0.497 e. The fourth-order valence-corrected chi connectivity index (χ4v) is 3.48. The number of nitrogens with zero attached hydrogens (tertiary/aromatic N) is 2. The molecule has 0 saturated carbocycles. The molecular weight excluding hydrogens is 402 g/mol. The van der Waals surface area contributed by atoms with E-state index in [1.807, 2.05) is 0 Å². The van der Waals surface area contributed by atoms with Gasteiger partial charge >= 0.3 is 0 Å². The topological polar surface area (TPSA) is 97.4 Å². The van der Waals surface area contributed by atoms with Crippen LogP contribution >= 0.6 is 0 Å². The summed E-state index contributed by atoms with van der Waals surface area (Å²) >= 11 is 0. The molecule has 2 aromatic rings. The molecule has 0 bridgehead atoms. The zero-order valence-electron chi connectivity index (χ0n) is 17.1. The summed E-state index contributed by atoms with van der Waals surface area (Å²) in [5.74, 6) is 1.16. The maximum absolute atomic E-state index is 12.6. The van der Waals surface area contributed by atoms with Gasteiger partial charge in [-0.3, -0.25) is 14.4 Å². The zero-order valence-corrected chi connectivity index (χ0v) is 17.1. The maximum atomic E-state index is 12.6. The first-order valence-corrected chi connectivity index (χ1v) is 9.94. The van der Waals surface area contributed by atoms with Crippen molar-refractivity contribution in [2.75, 3.05) is 46.6 Å². The van der Waals surface area contributed by atoms with Crippen LogP contribution in [0.15, 0.2) is 42.5 Å². The third-order valence-corrected chi connectivity index (χ3v) is 5.29. The number of carbonyl (C=O) groups is 3. The molecule has 162 valence electrons. The normalized spacial score (nSPS) is 14.9. The molecule has 2 aliphatic heterocycles.